The molecule has 0 spiro atoms. The van der Waals surface area contributed by atoms with Crippen molar-refractivity contribution in [3.8, 4) is 0 Å². The van der Waals surface area contributed by atoms with Crippen LogP contribution in [0, 0.1) is 17.3 Å². The highest BCUT2D eigenvalue weighted by Crippen LogP contribution is 2.45. The van der Waals surface area contributed by atoms with Gasteiger partial charge in [0.15, 0.2) is 11.2 Å². The van der Waals surface area contributed by atoms with Gasteiger partial charge in [0.2, 0.25) is 0 Å². The van der Waals surface area contributed by atoms with Crippen LogP contribution in [0.3, 0.4) is 0 Å². The quantitative estimate of drug-likeness (QED) is 0.159. The van der Waals surface area contributed by atoms with Crippen LogP contribution in [0.2, 0.25) is 0 Å². The van der Waals surface area contributed by atoms with Gasteiger partial charge in [0.05, 0.1) is 18.3 Å². The van der Waals surface area contributed by atoms with Crippen molar-refractivity contribution in [1.82, 2.24) is 0 Å². The lowest BCUT2D eigenvalue weighted by Gasteiger charge is -2.43. The summed E-state index contributed by atoms with van der Waals surface area (Å²) < 4.78 is 0. The highest BCUT2D eigenvalue weighted by molar-refractivity contribution is 5.93. The van der Waals surface area contributed by atoms with Crippen molar-refractivity contribution in [2.75, 3.05) is 0 Å². The SMILES string of the molecule is CCC(C(=O)O)C(O)(C(=O)O)C(CC)(CC)C(=O)O.CCC(C(=O)O)C(O)(CC(=O)O)C(=O)O. The summed E-state index contributed by atoms with van der Waals surface area (Å²) in [6.07, 6.45) is -1.89. The number of aliphatic hydroxyl groups is 2. The van der Waals surface area contributed by atoms with Crippen LogP contribution in [0.15, 0.2) is 0 Å². The molecule has 0 aromatic carbocycles. The molecule has 0 aromatic heterocycles. The molecule has 0 saturated heterocycles. The van der Waals surface area contributed by atoms with Crippen LogP contribution in [0.25, 0.3) is 0 Å². The molecule has 196 valence electrons. The van der Waals surface area contributed by atoms with Gasteiger partial charge in [-0.15, -0.1) is 0 Å². The number of carboxylic acid groups (broad SMARTS) is 6. The Balaban J connectivity index is 0. The molecule has 34 heavy (non-hydrogen) atoms. The van der Waals surface area contributed by atoms with Crippen molar-refractivity contribution in [2.45, 2.75) is 71.0 Å². The molecule has 14 nitrogen and oxygen atoms in total. The maximum Gasteiger partial charge on any atom is 0.337 e. The Hall–Kier alpha value is -3.26. The fraction of sp³-hybridized carbons (Fsp3) is 0.700. The molecule has 0 fully saturated rings. The van der Waals surface area contributed by atoms with Gasteiger partial charge in [0, 0.05) is 0 Å². The molecular weight excluding hydrogens is 464 g/mol. The van der Waals surface area contributed by atoms with Crippen LogP contribution >= 0.6 is 0 Å². The molecule has 4 atom stereocenters. The topological polar surface area (TPSA) is 264 Å². The van der Waals surface area contributed by atoms with E-state index in [1.807, 2.05) is 0 Å². The van der Waals surface area contributed by atoms with Crippen molar-refractivity contribution < 1.29 is 69.6 Å². The summed E-state index contributed by atoms with van der Waals surface area (Å²) >= 11 is 0. The first kappa shape index (κ1) is 32.9. The first-order valence-corrected chi connectivity index (χ1v) is 10.2. The van der Waals surface area contributed by atoms with E-state index >= 15 is 0 Å². The van der Waals surface area contributed by atoms with Gasteiger partial charge >= 0.3 is 35.8 Å². The minimum absolute atomic E-state index is 0.175. The van der Waals surface area contributed by atoms with Gasteiger partial charge in [0.25, 0.3) is 0 Å². The van der Waals surface area contributed by atoms with E-state index in [9.17, 15) is 49.2 Å². The minimum atomic E-state index is -2.86. The van der Waals surface area contributed by atoms with Gasteiger partial charge in [-0.25, -0.2) is 9.59 Å². The van der Waals surface area contributed by atoms with Crippen molar-refractivity contribution >= 4 is 35.8 Å². The monoisotopic (exact) mass is 496 g/mol. The molecular formula is C20H32O14. The van der Waals surface area contributed by atoms with Crippen molar-refractivity contribution in [2.24, 2.45) is 17.3 Å². The largest absolute Gasteiger partial charge is 0.481 e. The summed E-state index contributed by atoms with van der Waals surface area (Å²) in [5.74, 6) is -13.2. The van der Waals surface area contributed by atoms with Gasteiger partial charge in [-0.2, -0.15) is 0 Å². The summed E-state index contributed by atoms with van der Waals surface area (Å²) in [7, 11) is 0. The van der Waals surface area contributed by atoms with Crippen LogP contribution in [0.5, 0.6) is 0 Å². The molecule has 0 aromatic rings. The van der Waals surface area contributed by atoms with Gasteiger partial charge in [0.1, 0.15) is 5.41 Å². The van der Waals surface area contributed by atoms with Crippen LogP contribution in [-0.2, 0) is 28.8 Å². The number of hydrogen-bond acceptors (Lipinski definition) is 8. The molecule has 8 N–H and O–H groups in total. The minimum Gasteiger partial charge on any atom is -0.481 e. The Kier molecular flexibility index (Phi) is 12.4. The molecule has 0 aliphatic carbocycles. The molecule has 14 heteroatoms. The van der Waals surface area contributed by atoms with E-state index in [4.69, 9.17) is 20.4 Å². The van der Waals surface area contributed by atoms with Crippen LogP contribution in [0.4, 0.5) is 0 Å². The van der Waals surface area contributed by atoms with E-state index in [1.165, 1.54) is 27.7 Å². The first-order valence-electron chi connectivity index (χ1n) is 10.2. The Morgan fingerprint density at radius 2 is 1.00 bits per heavy atom. The normalized spacial score (nSPS) is 16.4. The van der Waals surface area contributed by atoms with Crippen LogP contribution < -0.4 is 0 Å². The van der Waals surface area contributed by atoms with Crippen molar-refractivity contribution in [3.05, 3.63) is 0 Å². The average molecular weight is 496 g/mol. The number of carbonyl (C=O) groups is 6. The number of aliphatic carboxylic acids is 6. The zero-order valence-corrected chi connectivity index (χ0v) is 19.2. The summed E-state index contributed by atoms with van der Waals surface area (Å²) in [4.78, 5) is 65.7. The molecule has 4 unspecified atom stereocenters. The number of hydrogen-bond donors (Lipinski definition) is 8. The third-order valence-electron chi connectivity index (χ3n) is 5.96. The lowest BCUT2D eigenvalue weighted by Crippen LogP contribution is -2.63. The smallest absolute Gasteiger partial charge is 0.337 e. The Labute approximate surface area is 194 Å². The van der Waals surface area contributed by atoms with Gasteiger partial charge in [-0.3, -0.25) is 19.2 Å². The van der Waals surface area contributed by atoms with Crippen molar-refractivity contribution in [1.29, 1.82) is 0 Å². The standard InChI is InChI=1S/C12H20O7.C8H12O7/c1-4-7(8(13)14)12(19,10(17)18)11(5-2,6-3)9(15)16;1-2-4(6(11)12)8(15,7(13)14)3-5(9)10/h7,19H,4-6H2,1-3H3,(H,13,14)(H,15,16)(H,17,18);4,15H,2-3H2,1H3,(H,9,10)(H,11,12)(H,13,14). The molecule has 0 saturated carbocycles. The van der Waals surface area contributed by atoms with Crippen LogP contribution in [-0.4, -0.2) is 87.9 Å². The maximum absolute atomic E-state index is 11.5. The average Bonchev–Trinajstić information content (AvgIpc) is 2.69. The van der Waals surface area contributed by atoms with Crippen molar-refractivity contribution in [3.63, 3.8) is 0 Å². The van der Waals surface area contributed by atoms with E-state index in [2.05, 4.69) is 0 Å². The second-order valence-corrected chi connectivity index (χ2v) is 7.56. The molecule has 0 amide bonds. The van der Waals surface area contributed by atoms with E-state index in [0.717, 1.165) is 0 Å². The van der Waals surface area contributed by atoms with E-state index in [0.29, 0.717) is 0 Å². The second-order valence-electron chi connectivity index (χ2n) is 7.56. The summed E-state index contributed by atoms with van der Waals surface area (Å²) in [6.45, 7) is 5.58. The fourth-order valence-electron chi connectivity index (χ4n) is 3.89. The molecule has 0 aliphatic heterocycles. The zero-order valence-electron chi connectivity index (χ0n) is 19.2. The highest BCUT2D eigenvalue weighted by atomic mass is 16.4. The Morgan fingerprint density at radius 1 is 0.618 bits per heavy atom. The molecule has 0 rings (SSSR count). The van der Waals surface area contributed by atoms with Gasteiger partial charge in [-0.05, 0) is 25.7 Å². The third-order valence-corrected chi connectivity index (χ3v) is 5.96. The summed E-state index contributed by atoms with van der Waals surface area (Å²) in [6, 6.07) is 0. The lowest BCUT2D eigenvalue weighted by molar-refractivity contribution is -0.205. The molecule has 0 heterocycles. The van der Waals surface area contributed by atoms with E-state index in [-0.39, 0.29) is 25.7 Å². The zero-order chi connectivity index (χ0) is 27.7. The summed E-state index contributed by atoms with van der Waals surface area (Å²) in [5, 5.41) is 73.3. The Bertz CT molecular complexity index is 786. The highest BCUT2D eigenvalue weighted by Gasteiger charge is 2.64. The number of carboxylic acids is 6. The number of rotatable bonds is 14. The molecule has 0 aliphatic rings. The molecule has 0 radical (unpaired) electrons. The second kappa shape index (κ2) is 12.8. The predicted octanol–water partition coefficient (Wildman–Crippen LogP) is 0.192. The fourth-order valence-corrected chi connectivity index (χ4v) is 3.89. The maximum atomic E-state index is 11.5. The lowest BCUT2D eigenvalue weighted by atomic mass is 9.61. The summed E-state index contributed by atoms with van der Waals surface area (Å²) in [5.41, 5.74) is -7.67. The predicted molar refractivity (Wildman–Crippen MR) is 111 cm³/mol. The van der Waals surface area contributed by atoms with E-state index < -0.39 is 70.7 Å². The Morgan fingerprint density at radius 3 is 1.18 bits per heavy atom. The third kappa shape index (κ3) is 6.41. The molecule has 0 bridgehead atoms. The van der Waals surface area contributed by atoms with E-state index in [1.54, 1.807) is 0 Å². The van der Waals surface area contributed by atoms with Gasteiger partial charge < -0.3 is 40.9 Å². The van der Waals surface area contributed by atoms with Gasteiger partial charge in [-0.1, -0.05) is 27.7 Å². The van der Waals surface area contributed by atoms with Crippen LogP contribution in [0.1, 0.15) is 59.8 Å². The first-order chi connectivity index (χ1) is 15.4.